The normalized spacial score (nSPS) is 15.7. The van der Waals surface area contributed by atoms with Gasteiger partial charge >= 0.3 is 11.9 Å². The van der Waals surface area contributed by atoms with Gasteiger partial charge in [-0.05, 0) is 115 Å². The molecule has 0 spiro atoms. The molecule has 1 aromatic heterocycles. The highest BCUT2D eigenvalue weighted by Crippen LogP contribution is 2.29. The van der Waals surface area contributed by atoms with Crippen molar-refractivity contribution in [3.05, 3.63) is 42.8 Å². The van der Waals surface area contributed by atoms with E-state index in [1.54, 1.807) is 0 Å². The number of allylic oxidation sites excluding steroid dienone is 4. The number of esters is 2. The highest BCUT2D eigenvalue weighted by Gasteiger charge is 2.33. The third kappa shape index (κ3) is 34.0. The molecular formula is C54H97N3O5. The molecule has 8 nitrogen and oxygen atoms in total. The van der Waals surface area contributed by atoms with Gasteiger partial charge in [-0.2, -0.15) is 10.2 Å². The Labute approximate surface area is 382 Å². The van der Waals surface area contributed by atoms with Gasteiger partial charge in [0.2, 0.25) is 0 Å². The Balaban J connectivity index is 1.48. The molecular weight excluding hydrogens is 771 g/mol. The Hall–Kier alpha value is -2.45. The minimum absolute atomic E-state index is 0.0400. The van der Waals surface area contributed by atoms with E-state index >= 15 is 0 Å². The number of hydrogen-bond donors (Lipinski definition) is 0. The van der Waals surface area contributed by atoms with E-state index in [0.717, 1.165) is 96.7 Å². The second kappa shape index (κ2) is 42.5. The molecule has 62 heavy (non-hydrogen) atoms. The largest absolute Gasteiger partial charge is 0.466 e. The van der Waals surface area contributed by atoms with E-state index in [9.17, 15) is 9.59 Å². The van der Waals surface area contributed by atoms with Crippen LogP contribution in [-0.4, -0.2) is 59.2 Å². The summed E-state index contributed by atoms with van der Waals surface area (Å²) >= 11 is 0. The van der Waals surface area contributed by atoms with Crippen LogP contribution in [0.5, 0.6) is 0 Å². The lowest BCUT2D eigenvalue weighted by molar-refractivity contribution is -0.150. The van der Waals surface area contributed by atoms with Crippen molar-refractivity contribution in [3.63, 3.8) is 0 Å². The summed E-state index contributed by atoms with van der Waals surface area (Å²) in [6.45, 7) is 8.33. The number of aryl methyl sites for hydroxylation is 1. The summed E-state index contributed by atoms with van der Waals surface area (Å²) in [5, 5.41) is 6.51. The number of hydrogen-bond acceptors (Lipinski definition) is 7. The number of hydroxylamine groups is 2. The molecule has 0 bridgehead atoms. The lowest BCUT2D eigenvalue weighted by Gasteiger charge is -2.17. The van der Waals surface area contributed by atoms with E-state index in [4.69, 9.17) is 14.3 Å². The predicted octanol–water partition coefficient (Wildman–Crippen LogP) is 15.4. The molecule has 1 aromatic rings. The van der Waals surface area contributed by atoms with Crippen LogP contribution in [0.2, 0.25) is 0 Å². The van der Waals surface area contributed by atoms with E-state index in [-0.39, 0.29) is 18.0 Å². The summed E-state index contributed by atoms with van der Waals surface area (Å²) in [5.41, 5.74) is 0. The van der Waals surface area contributed by atoms with Gasteiger partial charge in [-0.25, -0.2) is 0 Å². The van der Waals surface area contributed by atoms with Crippen LogP contribution >= 0.6 is 0 Å². The van der Waals surface area contributed by atoms with Crippen LogP contribution in [0, 0.1) is 5.92 Å². The zero-order chi connectivity index (χ0) is 44.2. The molecule has 1 fully saturated rings. The Kier molecular flexibility index (Phi) is 38.2. The summed E-state index contributed by atoms with van der Waals surface area (Å²) in [6, 6.07) is 1.97. The first-order valence-corrected chi connectivity index (χ1v) is 26.6. The first-order chi connectivity index (χ1) is 30.6. The van der Waals surface area contributed by atoms with E-state index in [1.807, 2.05) is 23.1 Å². The zero-order valence-corrected chi connectivity index (χ0v) is 40.6. The van der Waals surface area contributed by atoms with Crippen LogP contribution in [0.3, 0.4) is 0 Å². The quantitative estimate of drug-likeness (QED) is 0.0367. The lowest BCUT2D eigenvalue weighted by Crippen LogP contribution is -2.22. The Morgan fingerprint density at radius 2 is 1.00 bits per heavy atom. The van der Waals surface area contributed by atoms with Gasteiger partial charge in [0, 0.05) is 50.8 Å². The number of unbranched alkanes of at least 4 members (excludes halogenated alkanes) is 25. The van der Waals surface area contributed by atoms with Crippen LogP contribution in [0.4, 0.5) is 0 Å². The van der Waals surface area contributed by atoms with Crippen molar-refractivity contribution in [2.45, 2.75) is 258 Å². The van der Waals surface area contributed by atoms with Crippen molar-refractivity contribution in [1.29, 1.82) is 0 Å². The molecule has 0 aliphatic carbocycles. The van der Waals surface area contributed by atoms with Crippen LogP contribution in [0.25, 0.3) is 0 Å². The second-order valence-electron chi connectivity index (χ2n) is 18.4. The highest BCUT2D eigenvalue weighted by molar-refractivity contribution is 5.69. The summed E-state index contributed by atoms with van der Waals surface area (Å²) in [7, 11) is 0. The van der Waals surface area contributed by atoms with Gasteiger partial charge in [0.25, 0.3) is 0 Å². The van der Waals surface area contributed by atoms with Crippen molar-refractivity contribution in [2.75, 3.05) is 26.3 Å². The van der Waals surface area contributed by atoms with Gasteiger partial charge in [0.15, 0.2) is 0 Å². The van der Waals surface area contributed by atoms with E-state index in [0.29, 0.717) is 32.0 Å². The molecule has 2 unspecified atom stereocenters. The number of aromatic nitrogens is 2. The van der Waals surface area contributed by atoms with Gasteiger partial charge in [0.1, 0.15) is 0 Å². The molecule has 2 heterocycles. The SMILES string of the molecule is CCCCCCCC/C=C\CCCCCCCC(=O)OCCCCCC1ON(CCCn2cccn2)CC1CCCCOC(=O)CCCCCCC/C=C\CCCCCCCC. The average molecular weight is 868 g/mol. The number of rotatable bonds is 45. The van der Waals surface area contributed by atoms with Crippen molar-refractivity contribution >= 4 is 11.9 Å². The first-order valence-electron chi connectivity index (χ1n) is 26.6. The molecule has 2 rings (SSSR count). The van der Waals surface area contributed by atoms with Gasteiger partial charge < -0.3 is 9.47 Å². The minimum atomic E-state index is -0.0404. The Morgan fingerprint density at radius 3 is 1.50 bits per heavy atom. The summed E-state index contributed by atoms with van der Waals surface area (Å²) in [6.07, 6.45) is 55.5. The number of carbonyl (C=O) groups is 2. The summed E-state index contributed by atoms with van der Waals surface area (Å²) in [4.78, 5) is 31.2. The molecule has 1 aliphatic rings. The molecule has 0 N–H and O–H groups in total. The van der Waals surface area contributed by atoms with Gasteiger partial charge in [-0.3, -0.25) is 19.1 Å². The van der Waals surface area contributed by atoms with Crippen molar-refractivity contribution < 1.29 is 23.9 Å². The maximum Gasteiger partial charge on any atom is 0.305 e. The molecule has 2 atom stereocenters. The predicted molar refractivity (Wildman–Crippen MR) is 260 cm³/mol. The standard InChI is InChI=1S/C54H97N3O5/c1-3-5-7-9-11-13-15-17-19-21-23-25-27-29-33-42-53(58)60-48-36-31-32-41-52-51(50-57(62-52)47-39-46-56-45-38-44-55-56)40-35-37-49-61-54(59)43-34-30-28-26-24-22-20-18-16-14-12-10-8-6-4-2/h17-20,38,44-45,51-52H,3-16,21-37,39-43,46-50H2,1-2H3/b19-17-,20-18-. The fraction of sp³-hybridized carbons (Fsp3) is 0.833. The summed E-state index contributed by atoms with van der Waals surface area (Å²) < 4.78 is 13.2. The van der Waals surface area contributed by atoms with Gasteiger partial charge in [-0.1, -0.05) is 147 Å². The van der Waals surface area contributed by atoms with Gasteiger partial charge in [-0.15, -0.1) is 0 Å². The lowest BCUT2D eigenvalue weighted by atomic mass is 9.93. The summed E-state index contributed by atoms with van der Waals surface area (Å²) in [5.74, 6) is 0.401. The molecule has 358 valence electrons. The van der Waals surface area contributed by atoms with Gasteiger partial charge in [0.05, 0.1) is 19.3 Å². The molecule has 8 heteroatoms. The number of carbonyl (C=O) groups excluding carboxylic acids is 2. The molecule has 1 saturated heterocycles. The smallest absolute Gasteiger partial charge is 0.305 e. The average Bonchev–Trinajstić information content (AvgIpc) is 3.94. The molecule has 0 radical (unpaired) electrons. The maximum absolute atomic E-state index is 12.4. The van der Waals surface area contributed by atoms with E-state index in [1.165, 1.54) is 141 Å². The van der Waals surface area contributed by atoms with Crippen LogP contribution in [0.1, 0.15) is 245 Å². The first kappa shape index (κ1) is 55.7. The third-order valence-electron chi connectivity index (χ3n) is 12.5. The Morgan fingerprint density at radius 1 is 0.548 bits per heavy atom. The second-order valence-corrected chi connectivity index (χ2v) is 18.4. The number of nitrogens with zero attached hydrogens (tertiary/aromatic N) is 3. The molecule has 0 saturated carbocycles. The molecule has 1 aliphatic heterocycles. The van der Waals surface area contributed by atoms with Crippen LogP contribution in [0.15, 0.2) is 42.8 Å². The molecule has 0 aromatic carbocycles. The maximum atomic E-state index is 12.4. The molecule has 0 amide bonds. The van der Waals surface area contributed by atoms with Crippen LogP contribution < -0.4 is 0 Å². The third-order valence-corrected chi connectivity index (χ3v) is 12.5. The van der Waals surface area contributed by atoms with Crippen molar-refractivity contribution in [1.82, 2.24) is 14.8 Å². The van der Waals surface area contributed by atoms with Crippen LogP contribution in [-0.2, 0) is 30.4 Å². The topological polar surface area (TPSA) is 82.9 Å². The van der Waals surface area contributed by atoms with E-state index < -0.39 is 0 Å². The van der Waals surface area contributed by atoms with Crippen molar-refractivity contribution in [2.24, 2.45) is 5.92 Å². The zero-order valence-electron chi connectivity index (χ0n) is 40.6. The van der Waals surface area contributed by atoms with E-state index in [2.05, 4.69) is 48.3 Å². The monoisotopic (exact) mass is 868 g/mol. The fourth-order valence-corrected chi connectivity index (χ4v) is 8.58. The fourth-order valence-electron chi connectivity index (χ4n) is 8.58. The Bertz CT molecular complexity index is 1190. The number of ether oxygens (including phenoxy) is 2. The minimum Gasteiger partial charge on any atom is -0.466 e. The highest BCUT2D eigenvalue weighted by atomic mass is 16.7. The van der Waals surface area contributed by atoms with Crippen molar-refractivity contribution in [3.8, 4) is 0 Å².